The number of anilines is 1. The Balaban J connectivity index is 1.82. The fraction of sp³-hybridized carbons (Fsp3) is 0.636. The van der Waals surface area contributed by atoms with Gasteiger partial charge in [0.15, 0.2) is 0 Å². The van der Waals surface area contributed by atoms with E-state index in [2.05, 4.69) is 5.32 Å². The molecule has 0 spiro atoms. The summed E-state index contributed by atoms with van der Waals surface area (Å²) in [5, 5.41) is 12.0. The van der Waals surface area contributed by atoms with Gasteiger partial charge in [-0.3, -0.25) is 0 Å². The van der Waals surface area contributed by atoms with E-state index in [0.717, 1.165) is 18.9 Å². The lowest BCUT2D eigenvalue weighted by atomic mass is 9.73. The standard InChI is InChI=1S/C22H29F3N4O2/c1-3-8-27-20(30)29-13-17-12-28(9-7-21(17,14-29)15-31-4-2)18-6-5-16(11-26)19(10-18)22(23,24)25/h5-6,10,17H,3-4,7-9,12-15H2,1-2H3,(H,27,30). The quantitative estimate of drug-likeness (QED) is 0.732. The molecule has 2 atom stereocenters. The Morgan fingerprint density at radius 2 is 2.13 bits per heavy atom. The fourth-order valence-electron chi connectivity index (χ4n) is 4.62. The molecule has 2 aliphatic heterocycles. The van der Waals surface area contributed by atoms with Crippen LogP contribution in [0.4, 0.5) is 23.7 Å². The fourth-order valence-corrected chi connectivity index (χ4v) is 4.62. The number of nitrogens with zero attached hydrogens (tertiary/aromatic N) is 3. The van der Waals surface area contributed by atoms with E-state index in [-0.39, 0.29) is 22.9 Å². The number of benzene rings is 1. The van der Waals surface area contributed by atoms with E-state index in [1.165, 1.54) is 6.07 Å². The molecule has 2 saturated heterocycles. The number of likely N-dealkylation sites (tertiary alicyclic amines) is 1. The van der Waals surface area contributed by atoms with E-state index in [9.17, 15) is 18.0 Å². The molecule has 2 fully saturated rings. The van der Waals surface area contributed by atoms with Crippen LogP contribution in [0.15, 0.2) is 18.2 Å². The van der Waals surface area contributed by atoms with Gasteiger partial charge in [0, 0.05) is 56.4 Å². The highest BCUT2D eigenvalue weighted by Gasteiger charge is 2.51. The van der Waals surface area contributed by atoms with Crippen molar-refractivity contribution in [2.75, 3.05) is 50.8 Å². The van der Waals surface area contributed by atoms with Crippen molar-refractivity contribution in [1.82, 2.24) is 10.2 Å². The van der Waals surface area contributed by atoms with Crippen LogP contribution in [0.25, 0.3) is 0 Å². The van der Waals surface area contributed by atoms with Gasteiger partial charge in [-0.2, -0.15) is 18.4 Å². The van der Waals surface area contributed by atoms with Crippen molar-refractivity contribution in [2.24, 2.45) is 11.3 Å². The number of ether oxygens (including phenoxy) is 1. The Morgan fingerprint density at radius 1 is 1.35 bits per heavy atom. The number of fused-ring (bicyclic) bond motifs is 1. The minimum atomic E-state index is -4.59. The lowest BCUT2D eigenvalue weighted by Gasteiger charge is -2.44. The molecule has 9 heteroatoms. The van der Waals surface area contributed by atoms with Crippen molar-refractivity contribution in [1.29, 1.82) is 5.26 Å². The van der Waals surface area contributed by atoms with Crippen molar-refractivity contribution < 1.29 is 22.7 Å². The van der Waals surface area contributed by atoms with Crippen LogP contribution >= 0.6 is 0 Å². The molecule has 2 amide bonds. The second-order valence-electron chi connectivity index (χ2n) is 8.34. The summed E-state index contributed by atoms with van der Waals surface area (Å²) in [6.45, 7) is 7.86. The Bertz CT molecular complexity index is 839. The molecule has 3 rings (SSSR count). The third-order valence-electron chi connectivity index (χ3n) is 6.33. The third kappa shape index (κ3) is 4.90. The highest BCUT2D eigenvalue weighted by molar-refractivity contribution is 5.74. The Labute approximate surface area is 180 Å². The largest absolute Gasteiger partial charge is 0.417 e. The minimum Gasteiger partial charge on any atom is -0.381 e. The van der Waals surface area contributed by atoms with Gasteiger partial charge in [0.25, 0.3) is 0 Å². The van der Waals surface area contributed by atoms with Gasteiger partial charge in [-0.05, 0) is 38.0 Å². The number of hydrogen-bond acceptors (Lipinski definition) is 4. The first kappa shape index (κ1) is 23.2. The number of carbonyl (C=O) groups excluding carboxylic acids is 1. The normalized spacial score (nSPS) is 23.4. The van der Waals surface area contributed by atoms with Gasteiger partial charge in [-0.1, -0.05) is 6.92 Å². The van der Waals surface area contributed by atoms with Crippen molar-refractivity contribution >= 4 is 11.7 Å². The van der Waals surface area contributed by atoms with E-state index in [1.54, 1.807) is 12.1 Å². The second kappa shape index (κ2) is 9.35. The number of piperidine rings is 1. The maximum absolute atomic E-state index is 13.4. The number of hydrogen-bond donors (Lipinski definition) is 1. The molecule has 0 aliphatic carbocycles. The van der Waals surface area contributed by atoms with Crippen LogP contribution in [0, 0.1) is 22.7 Å². The molecule has 31 heavy (non-hydrogen) atoms. The number of halogens is 3. The van der Waals surface area contributed by atoms with Crippen molar-refractivity contribution in [3.8, 4) is 6.07 Å². The van der Waals surface area contributed by atoms with Crippen molar-refractivity contribution in [2.45, 2.75) is 32.9 Å². The van der Waals surface area contributed by atoms with E-state index in [0.29, 0.717) is 51.6 Å². The monoisotopic (exact) mass is 438 g/mol. The number of rotatable bonds is 6. The third-order valence-corrected chi connectivity index (χ3v) is 6.33. The average Bonchev–Trinajstić information content (AvgIpc) is 3.14. The first-order valence-electron chi connectivity index (χ1n) is 10.7. The average molecular weight is 438 g/mol. The topological polar surface area (TPSA) is 68.6 Å². The maximum Gasteiger partial charge on any atom is 0.417 e. The highest BCUT2D eigenvalue weighted by atomic mass is 19.4. The summed E-state index contributed by atoms with van der Waals surface area (Å²) < 4.78 is 46.0. The predicted octanol–water partition coefficient (Wildman–Crippen LogP) is 3.86. The second-order valence-corrected chi connectivity index (χ2v) is 8.34. The van der Waals surface area contributed by atoms with E-state index in [1.807, 2.05) is 23.6 Å². The molecular formula is C22H29F3N4O2. The molecule has 1 N–H and O–H groups in total. The van der Waals surface area contributed by atoms with Gasteiger partial charge in [-0.25, -0.2) is 4.79 Å². The molecule has 2 aliphatic rings. The van der Waals surface area contributed by atoms with Crippen LogP contribution in [0.5, 0.6) is 0 Å². The molecule has 2 unspecified atom stereocenters. The summed E-state index contributed by atoms with van der Waals surface area (Å²) >= 11 is 0. The van der Waals surface area contributed by atoms with Gasteiger partial charge in [0.2, 0.25) is 0 Å². The Morgan fingerprint density at radius 3 is 2.77 bits per heavy atom. The summed E-state index contributed by atoms with van der Waals surface area (Å²) in [5.41, 5.74) is -1.04. The van der Waals surface area contributed by atoms with E-state index < -0.39 is 11.7 Å². The molecule has 0 bridgehead atoms. The van der Waals surface area contributed by atoms with Crippen LogP contribution in [0.2, 0.25) is 0 Å². The molecule has 6 nitrogen and oxygen atoms in total. The highest BCUT2D eigenvalue weighted by Crippen LogP contribution is 2.45. The van der Waals surface area contributed by atoms with Crippen LogP contribution in [0.3, 0.4) is 0 Å². The maximum atomic E-state index is 13.4. The summed E-state index contributed by atoms with van der Waals surface area (Å²) in [6.07, 6.45) is -3.02. The summed E-state index contributed by atoms with van der Waals surface area (Å²) in [5.74, 6) is 0.0881. The number of alkyl halides is 3. The molecule has 0 aromatic heterocycles. The van der Waals surface area contributed by atoms with E-state index >= 15 is 0 Å². The van der Waals surface area contributed by atoms with Gasteiger partial charge in [0.05, 0.1) is 23.8 Å². The Hall–Kier alpha value is -2.47. The molecule has 0 saturated carbocycles. The zero-order chi connectivity index (χ0) is 22.6. The Kier molecular flexibility index (Phi) is 6.99. The summed E-state index contributed by atoms with van der Waals surface area (Å²) in [4.78, 5) is 16.3. The number of amides is 2. The first-order chi connectivity index (χ1) is 14.7. The van der Waals surface area contributed by atoms with Crippen molar-refractivity contribution in [3.63, 3.8) is 0 Å². The molecule has 170 valence electrons. The van der Waals surface area contributed by atoms with Gasteiger partial charge < -0.3 is 19.9 Å². The minimum absolute atomic E-state index is 0.0881. The molecule has 2 heterocycles. The van der Waals surface area contributed by atoms with Crippen LogP contribution < -0.4 is 10.2 Å². The first-order valence-corrected chi connectivity index (χ1v) is 10.7. The number of urea groups is 1. The van der Waals surface area contributed by atoms with Crippen LogP contribution in [-0.4, -0.2) is 56.9 Å². The number of nitriles is 1. The molecule has 0 radical (unpaired) electrons. The number of carbonyl (C=O) groups is 1. The van der Waals surface area contributed by atoms with Crippen molar-refractivity contribution in [3.05, 3.63) is 29.3 Å². The molecule has 1 aromatic carbocycles. The molecular weight excluding hydrogens is 409 g/mol. The van der Waals surface area contributed by atoms with Gasteiger partial charge >= 0.3 is 12.2 Å². The lowest BCUT2D eigenvalue weighted by molar-refractivity contribution is -0.137. The molecule has 1 aromatic rings. The summed E-state index contributed by atoms with van der Waals surface area (Å²) in [6, 6.07) is 5.40. The SMILES string of the molecule is CCCNC(=O)N1CC2CN(c3ccc(C#N)c(C(F)(F)F)c3)CCC2(COCC)C1. The predicted molar refractivity (Wildman–Crippen MR) is 111 cm³/mol. The zero-order valence-electron chi connectivity index (χ0n) is 18.0. The van der Waals surface area contributed by atoms with Gasteiger partial charge in [-0.15, -0.1) is 0 Å². The summed E-state index contributed by atoms with van der Waals surface area (Å²) in [7, 11) is 0. The lowest BCUT2D eigenvalue weighted by Crippen LogP contribution is -2.49. The number of nitrogens with one attached hydrogen (secondary N) is 1. The van der Waals surface area contributed by atoms with Crippen LogP contribution in [-0.2, 0) is 10.9 Å². The van der Waals surface area contributed by atoms with Crippen LogP contribution in [0.1, 0.15) is 37.8 Å². The van der Waals surface area contributed by atoms with Gasteiger partial charge in [0.1, 0.15) is 0 Å². The zero-order valence-corrected chi connectivity index (χ0v) is 18.0. The smallest absolute Gasteiger partial charge is 0.381 e. The van der Waals surface area contributed by atoms with E-state index in [4.69, 9.17) is 10.00 Å².